The molecule has 0 spiro atoms. The maximum atomic E-state index is 3.33. The van der Waals surface area contributed by atoms with Crippen molar-refractivity contribution in [3.8, 4) is 0 Å². The topological polar surface area (TPSA) is 12.0 Å². The van der Waals surface area contributed by atoms with Gasteiger partial charge in [0.15, 0.2) is 0 Å². The van der Waals surface area contributed by atoms with Crippen molar-refractivity contribution in [2.45, 2.75) is 32.1 Å². The Labute approximate surface area is 92.9 Å². The lowest BCUT2D eigenvalue weighted by Crippen LogP contribution is -2.28. The summed E-state index contributed by atoms with van der Waals surface area (Å²) >= 11 is 0. The quantitative estimate of drug-likeness (QED) is 0.793. The molecule has 2 rings (SSSR count). The van der Waals surface area contributed by atoms with Crippen LogP contribution in [-0.2, 0) is 0 Å². The third-order valence-corrected chi connectivity index (χ3v) is 3.65. The third kappa shape index (κ3) is 2.40. The van der Waals surface area contributed by atoms with Crippen molar-refractivity contribution in [1.29, 1.82) is 0 Å². The second-order valence-electron chi connectivity index (χ2n) is 4.77. The highest BCUT2D eigenvalue weighted by Gasteiger charge is 2.27. The molecule has 1 aromatic rings. The average molecular weight is 203 g/mol. The van der Waals surface area contributed by atoms with Crippen LogP contribution in [0.3, 0.4) is 0 Å². The average Bonchev–Trinajstić information content (AvgIpc) is 2.16. The van der Waals surface area contributed by atoms with Crippen LogP contribution in [0.15, 0.2) is 24.3 Å². The first-order valence-corrected chi connectivity index (χ1v) is 6.02. The van der Waals surface area contributed by atoms with Gasteiger partial charge >= 0.3 is 0 Å². The summed E-state index contributed by atoms with van der Waals surface area (Å²) in [4.78, 5) is 0. The van der Waals surface area contributed by atoms with Crippen LogP contribution in [0.25, 0.3) is 0 Å². The normalized spacial score (nSPS) is 18.5. The van der Waals surface area contributed by atoms with Gasteiger partial charge in [0.1, 0.15) is 0 Å². The molecule has 0 aromatic heterocycles. The maximum Gasteiger partial charge on any atom is 0.00198 e. The summed E-state index contributed by atoms with van der Waals surface area (Å²) in [6.07, 6.45) is 4.26. The number of aryl methyl sites for hydroxylation is 1. The van der Waals surface area contributed by atoms with E-state index >= 15 is 0 Å². The van der Waals surface area contributed by atoms with Gasteiger partial charge in [-0.2, -0.15) is 0 Å². The van der Waals surface area contributed by atoms with Crippen molar-refractivity contribution in [1.82, 2.24) is 5.32 Å². The zero-order valence-corrected chi connectivity index (χ0v) is 9.79. The molecule has 1 aliphatic rings. The molecule has 1 heteroatoms. The van der Waals surface area contributed by atoms with Gasteiger partial charge in [-0.3, -0.25) is 0 Å². The Morgan fingerprint density at radius 2 is 1.93 bits per heavy atom. The Morgan fingerprint density at radius 1 is 1.27 bits per heavy atom. The number of hydrogen-bond donors (Lipinski definition) is 1. The summed E-state index contributed by atoms with van der Waals surface area (Å²) in [5.41, 5.74) is 2.87. The SMILES string of the molecule is CNCC(c1ccc(C)cc1)C1CCC1. The number of benzene rings is 1. The maximum absolute atomic E-state index is 3.33. The molecule has 1 aromatic carbocycles. The lowest BCUT2D eigenvalue weighted by Gasteiger charge is -2.34. The zero-order valence-electron chi connectivity index (χ0n) is 9.79. The zero-order chi connectivity index (χ0) is 10.7. The summed E-state index contributed by atoms with van der Waals surface area (Å²) in [5, 5.41) is 3.33. The van der Waals surface area contributed by atoms with Gasteiger partial charge in [-0.05, 0) is 44.2 Å². The predicted octanol–water partition coefficient (Wildman–Crippen LogP) is 3.10. The van der Waals surface area contributed by atoms with Gasteiger partial charge < -0.3 is 5.32 Å². The Balaban J connectivity index is 2.12. The first-order chi connectivity index (χ1) is 7.31. The highest BCUT2D eigenvalue weighted by Crippen LogP contribution is 2.38. The van der Waals surface area contributed by atoms with E-state index in [0.717, 1.165) is 18.4 Å². The molecular weight excluding hydrogens is 182 g/mol. The molecule has 0 bridgehead atoms. The van der Waals surface area contributed by atoms with Crippen LogP contribution < -0.4 is 5.32 Å². The van der Waals surface area contributed by atoms with Gasteiger partial charge in [0.25, 0.3) is 0 Å². The van der Waals surface area contributed by atoms with Gasteiger partial charge in [-0.15, -0.1) is 0 Å². The lowest BCUT2D eigenvalue weighted by atomic mass is 9.73. The van der Waals surface area contributed by atoms with Crippen molar-refractivity contribution in [3.63, 3.8) is 0 Å². The number of rotatable bonds is 4. The molecule has 1 unspecified atom stereocenters. The van der Waals surface area contributed by atoms with Gasteiger partial charge in [0.05, 0.1) is 0 Å². The summed E-state index contributed by atoms with van der Waals surface area (Å²) in [7, 11) is 2.06. The van der Waals surface area contributed by atoms with Gasteiger partial charge in [0, 0.05) is 6.54 Å². The monoisotopic (exact) mass is 203 g/mol. The first kappa shape index (κ1) is 10.7. The molecular formula is C14H21N. The van der Waals surface area contributed by atoms with Crippen molar-refractivity contribution < 1.29 is 0 Å². The molecule has 1 atom stereocenters. The summed E-state index contributed by atoms with van der Waals surface area (Å²) in [6.45, 7) is 3.27. The Kier molecular flexibility index (Phi) is 3.42. The molecule has 0 saturated heterocycles. The van der Waals surface area contributed by atoms with Crippen LogP contribution in [0.5, 0.6) is 0 Å². The molecule has 82 valence electrons. The highest BCUT2D eigenvalue weighted by molar-refractivity contribution is 5.25. The molecule has 1 nitrogen and oxygen atoms in total. The Morgan fingerprint density at radius 3 is 2.40 bits per heavy atom. The van der Waals surface area contributed by atoms with Crippen LogP contribution in [-0.4, -0.2) is 13.6 Å². The van der Waals surface area contributed by atoms with E-state index in [1.807, 2.05) is 0 Å². The molecule has 0 heterocycles. The molecule has 1 fully saturated rings. The third-order valence-electron chi connectivity index (χ3n) is 3.65. The van der Waals surface area contributed by atoms with E-state index in [4.69, 9.17) is 0 Å². The number of hydrogen-bond acceptors (Lipinski definition) is 1. The minimum absolute atomic E-state index is 0.726. The Bertz CT molecular complexity index is 298. The fourth-order valence-electron chi connectivity index (χ4n) is 2.43. The lowest BCUT2D eigenvalue weighted by molar-refractivity contribution is 0.257. The van der Waals surface area contributed by atoms with Crippen LogP contribution >= 0.6 is 0 Å². The van der Waals surface area contributed by atoms with Crippen LogP contribution in [0.4, 0.5) is 0 Å². The standard InChI is InChI=1S/C14H21N/c1-11-6-8-13(9-7-11)14(10-15-2)12-4-3-5-12/h6-9,12,14-15H,3-5,10H2,1-2H3. The van der Waals surface area contributed by atoms with Crippen LogP contribution in [0.1, 0.15) is 36.3 Å². The van der Waals surface area contributed by atoms with Gasteiger partial charge in [-0.1, -0.05) is 36.2 Å². The van der Waals surface area contributed by atoms with E-state index in [-0.39, 0.29) is 0 Å². The molecule has 0 radical (unpaired) electrons. The fraction of sp³-hybridized carbons (Fsp3) is 0.571. The van der Waals surface area contributed by atoms with Crippen molar-refractivity contribution >= 4 is 0 Å². The highest BCUT2D eigenvalue weighted by atomic mass is 14.8. The Hall–Kier alpha value is -0.820. The van der Waals surface area contributed by atoms with E-state index in [1.54, 1.807) is 0 Å². The summed E-state index contributed by atoms with van der Waals surface area (Å²) in [6, 6.07) is 9.07. The second kappa shape index (κ2) is 4.80. The van der Waals surface area contributed by atoms with Gasteiger partial charge in [0.2, 0.25) is 0 Å². The van der Waals surface area contributed by atoms with Crippen LogP contribution in [0, 0.1) is 12.8 Å². The predicted molar refractivity (Wildman–Crippen MR) is 65.2 cm³/mol. The van der Waals surface area contributed by atoms with E-state index < -0.39 is 0 Å². The first-order valence-electron chi connectivity index (χ1n) is 6.02. The van der Waals surface area contributed by atoms with Crippen molar-refractivity contribution in [3.05, 3.63) is 35.4 Å². The van der Waals surface area contributed by atoms with E-state index in [2.05, 4.69) is 43.6 Å². The largest absolute Gasteiger partial charge is 0.319 e. The number of nitrogens with one attached hydrogen (secondary N) is 1. The van der Waals surface area contributed by atoms with Crippen molar-refractivity contribution in [2.75, 3.05) is 13.6 Å². The minimum Gasteiger partial charge on any atom is -0.319 e. The van der Waals surface area contributed by atoms with E-state index in [9.17, 15) is 0 Å². The smallest absolute Gasteiger partial charge is 0.00198 e. The molecule has 15 heavy (non-hydrogen) atoms. The van der Waals surface area contributed by atoms with Crippen molar-refractivity contribution in [2.24, 2.45) is 5.92 Å². The minimum atomic E-state index is 0.726. The molecule has 0 aliphatic heterocycles. The second-order valence-corrected chi connectivity index (χ2v) is 4.77. The number of likely N-dealkylation sites (N-methyl/N-ethyl adjacent to an activating group) is 1. The van der Waals surface area contributed by atoms with Gasteiger partial charge in [-0.25, -0.2) is 0 Å². The summed E-state index contributed by atoms with van der Waals surface area (Å²) in [5.74, 6) is 1.64. The molecule has 0 amide bonds. The molecule has 1 aliphatic carbocycles. The molecule has 1 saturated carbocycles. The van der Waals surface area contributed by atoms with E-state index in [1.165, 1.54) is 30.4 Å². The molecule has 1 N–H and O–H groups in total. The van der Waals surface area contributed by atoms with E-state index in [0.29, 0.717) is 0 Å². The fourth-order valence-corrected chi connectivity index (χ4v) is 2.43. The summed E-state index contributed by atoms with van der Waals surface area (Å²) < 4.78 is 0. The van der Waals surface area contributed by atoms with Crippen LogP contribution in [0.2, 0.25) is 0 Å².